The number of nitrogens with two attached hydrogens (primary N) is 1. The van der Waals surface area contributed by atoms with E-state index in [0.29, 0.717) is 25.0 Å². The third-order valence-electron chi connectivity index (χ3n) is 3.62. The number of amidine groups is 1. The van der Waals surface area contributed by atoms with E-state index in [1.54, 1.807) is 13.2 Å². The van der Waals surface area contributed by atoms with Crippen LogP contribution in [-0.2, 0) is 10.1 Å². The molecule has 0 saturated carbocycles. The van der Waals surface area contributed by atoms with Crippen molar-refractivity contribution < 1.29 is 31.6 Å². The van der Waals surface area contributed by atoms with Gasteiger partial charge >= 0.3 is 0 Å². The first-order valence-corrected chi connectivity index (χ1v) is 10.9. The van der Waals surface area contributed by atoms with Gasteiger partial charge in [-0.2, -0.15) is 8.42 Å². The van der Waals surface area contributed by atoms with Crippen molar-refractivity contribution in [1.82, 2.24) is 0 Å². The maximum Gasteiger partial charge on any atom is 0.261 e. The molecule has 0 atom stereocenters. The molecule has 2 aromatic carbocycles. The average molecular weight is 443 g/mol. The molecule has 4 N–H and O–H groups in total. The lowest BCUT2D eigenvalue weighted by atomic mass is 10.2. The van der Waals surface area contributed by atoms with Crippen LogP contribution in [0, 0.1) is 11.2 Å². The Bertz CT molecular complexity index is 913. The quantitative estimate of drug-likeness (QED) is 0.223. The van der Waals surface area contributed by atoms with E-state index in [9.17, 15) is 12.8 Å². The Labute approximate surface area is 176 Å². The average Bonchev–Trinajstić information content (AvgIpc) is 2.67. The van der Waals surface area contributed by atoms with Crippen LogP contribution in [0.5, 0.6) is 17.2 Å². The monoisotopic (exact) mass is 442 g/mol. The Morgan fingerprint density at radius 3 is 2.07 bits per heavy atom. The highest BCUT2D eigenvalue weighted by Crippen LogP contribution is 2.26. The van der Waals surface area contributed by atoms with Crippen molar-refractivity contribution in [2.45, 2.75) is 19.3 Å². The van der Waals surface area contributed by atoms with E-state index in [-0.39, 0.29) is 11.6 Å². The van der Waals surface area contributed by atoms with Gasteiger partial charge in [0, 0.05) is 5.56 Å². The van der Waals surface area contributed by atoms with Crippen molar-refractivity contribution in [1.29, 1.82) is 5.41 Å². The largest absolute Gasteiger partial charge is 0.493 e. The van der Waals surface area contributed by atoms with Gasteiger partial charge in [0.2, 0.25) is 0 Å². The molecule has 0 unspecified atom stereocenters. The summed E-state index contributed by atoms with van der Waals surface area (Å²) in [5.41, 5.74) is 5.66. The zero-order valence-electron chi connectivity index (χ0n) is 16.9. The molecule has 0 aromatic heterocycles. The molecule has 30 heavy (non-hydrogen) atoms. The van der Waals surface area contributed by atoms with Gasteiger partial charge in [-0.15, -0.1) is 0 Å². The first kappa shape index (κ1) is 25.2. The molecule has 0 heterocycles. The highest BCUT2D eigenvalue weighted by molar-refractivity contribution is 7.85. The van der Waals surface area contributed by atoms with E-state index in [2.05, 4.69) is 0 Å². The Kier molecular flexibility index (Phi) is 10.6. The Balaban J connectivity index is 0.000000804. The van der Waals surface area contributed by atoms with E-state index in [1.807, 2.05) is 24.3 Å². The van der Waals surface area contributed by atoms with Crippen molar-refractivity contribution in [3.8, 4) is 17.2 Å². The van der Waals surface area contributed by atoms with Gasteiger partial charge in [-0.3, -0.25) is 9.96 Å². The second-order valence-electron chi connectivity index (χ2n) is 6.20. The number of hydrogen-bond acceptors (Lipinski definition) is 6. The minimum atomic E-state index is -3.67. The maximum atomic E-state index is 13.8. The van der Waals surface area contributed by atoms with Crippen LogP contribution in [0.1, 0.15) is 24.8 Å². The van der Waals surface area contributed by atoms with Crippen LogP contribution in [0.25, 0.3) is 0 Å². The van der Waals surface area contributed by atoms with Crippen molar-refractivity contribution in [3.05, 3.63) is 53.8 Å². The second kappa shape index (κ2) is 12.7. The summed E-state index contributed by atoms with van der Waals surface area (Å²) in [5.74, 6) is 0.951. The first-order chi connectivity index (χ1) is 14.1. The molecule has 0 aliphatic heterocycles. The molecule has 0 aliphatic carbocycles. The van der Waals surface area contributed by atoms with Gasteiger partial charge in [0.1, 0.15) is 5.84 Å². The normalized spacial score (nSPS) is 10.5. The Morgan fingerprint density at radius 2 is 1.57 bits per heavy atom. The van der Waals surface area contributed by atoms with Crippen LogP contribution in [0.15, 0.2) is 42.5 Å². The SMILES string of the molecule is COc1ccccc1OCCCCCOc1ccc(C(=N)N)cc1F.CS(=O)(=O)O. The van der Waals surface area contributed by atoms with Gasteiger partial charge in [0.25, 0.3) is 10.1 Å². The predicted octanol–water partition coefficient (Wildman–Crippen LogP) is 3.25. The number of para-hydroxylation sites is 2. The molecule has 166 valence electrons. The minimum absolute atomic E-state index is 0.166. The number of halogens is 1. The Hall–Kier alpha value is -2.85. The van der Waals surface area contributed by atoms with E-state index in [0.717, 1.165) is 30.8 Å². The summed E-state index contributed by atoms with van der Waals surface area (Å²) in [7, 11) is -2.05. The molecule has 10 heteroatoms. The van der Waals surface area contributed by atoms with Gasteiger partial charge in [-0.25, -0.2) is 4.39 Å². The lowest BCUT2D eigenvalue weighted by Crippen LogP contribution is -2.11. The zero-order valence-corrected chi connectivity index (χ0v) is 17.7. The van der Waals surface area contributed by atoms with E-state index in [1.165, 1.54) is 12.1 Å². The molecule has 0 bridgehead atoms. The van der Waals surface area contributed by atoms with E-state index < -0.39 is 15.9 Å². The topological polar surface area (TPSA) is 132 Å². The summed E-state index contributed by atoms with van der Waals surface area (Å²) in [4.78, 5) is 0. The van der Waals surface area contributed by atoms with Crippen molar-refractivity contribution >= 4 is 16.0 Å². The van der Waals surface area contributed by atoms with Gasteiger partial charge in [-0.05, 0) is 49.6 Å². The molecule has 0 fully saturated rings. The van der Waals surface area contributed by atoms with Crippen molar-refractivity contribution in [2.24, 2.45) is 5.73 Å². The number of unbranched alkanes of at least 4 members (excludes halogenated alkanes) is 2. The molecule has 0 aliphatic rings. The van der Waals surface area contributed by atoms with Crippen molar-refractivity contribution in [3.63, 3.8) is 0 Å². The van der Waals surface area contributed by atoms with Gasteiger partial charge < -0.3 is 19.9 Å². The molecule has 0 spiro atoms. The lowest BCUT2D eigenvalue weighted by molar-refractivity contribution is 0.265. The van der Waals surface area contributed by atoms with Crippen LogP contribution < -0.4 is 19.9 Å². The summed E-state index contributed by atoms with van der Waals surface area (Å²) in [6, 6.07) is 11.8. The van der Waals surface area contributed by atoms with Crippen molar-refractivity contribution in [2.75, 3.05) is 26.6 Å². The van der Waals surface area contributed by atoms with E-state index in [4.69, 9.17) is 29.9 Å². The first-order valence-electron chi connectivity index (χ1n) is 9.07. The summed E-state index contributed by atoms with van der Waals surface area (Å²) >= 11 is 0. The maximum absolute atomic E-state index is 13.8. The third kappa shape index (κ3) is 10.6. The molecule has 0 amide bonds. The molecule has 2 rings (SSSR count). The van der Waals surface area contributed by atoms with Gasteiger partial charge in [0.05, 0.1) is 26.6 Å². The highest BCUT2D eigenvalue weighted by atomic mass is 32.2. The second-order valence-corrected chi connectivity index (χ2v) is 7.67. The standard InChI is InChI=1S/C19H23FN2O3.CH4O3S/c1-23-17-7-3-4-8-18(17)25-12-6-2-5-11-24-16-10-9-14(19(21)22)13-15(16)20;1-5(2,3)4/h3-4,7-10,13H,2,5-6,11-12H2,1H3,(H3,21,22);1H3,(H,2,3,4). The Morgan fingerprint density at radius 1 is 1.03 bits per heavy atom. The number of methoxy groups -OCH3 is 1. The van der Waals surface area contributed by atoms with Crippen LogP contribution in [0.2, 0.25) is 0 Å². The van der Waals surface area contributed by atoms with Crippen LogP contribution in [0.3, 0.4) is 0 Å². The molecule has 2 aromatic rings. The number of rotatable bonds is 10. The van der Waals surface area contributed by atoms with Gasteiger partial charge in [0.15, 0.2) is 23.1 Å². The number of hydrogen-bond donors (Lipinski definition) is 3. The number of ether oxygens (including phenoxy) is 3. The highest BCUT2D eigenvalue weighted by Gasteiger charge is 2.06. The number of benzene rings is 2. The summed E-state index contributed by atoms with van der Waals surface area (Å²) < 4.78 is 56.0. The molecule has 0 radical (unpaired) electrons. The number of nitrogen functional groups attached to an aromatic ring is 1. The third-order valence-corrected chi connectivity index (χ3v) is 3.62. The minimum Gasteiger partial charge on any atom is -0.493 e. The molecular weight excluding hydrogens is 415 g/mol. The fraction of sp³-hybridized carbons (Fsp3) is 0.350. The summed E-state index contributed by atoms with van der Waals surface area (Å²) in [6.45, 7) is 1.01. The zero-order chi connectivity index (χ0) is 22.6. The lowest BCUT2D eigenvalue weighted by Gasteiger charge is -2.10. The molecule has 0 saturated heterocycles. The summed E-state index contributed by atoms with van der Waals surface area (Å²) in [5, 5.41) is 7.27. The fourth-order valence-electron chi connectivity index (χ4n) is 2.27. The predicted molar refractivity (Wildman–Crippen MR) is 113 cm³/mol. The number of nitrogens with one attached hydrogen (secondary N) is 1. The molecule has 8 nitrogen and oxygen atoms in total. The van der Waals surface area contributed by atoms with Gasteiger partial charge in [-0.1, -0.05) is 12.1 Å². The van der Waals surface area contributed by atoms with E-state index >= 15 is 0 Å². The molecular formula is C20H27FN2O6S. The smallest absolute Gasteiger partial charge is 0.261 e. The van der Waals surface area contributed by atoms with Crippen LogP contribution in [-0.4, -0.2) is 45.4 Å². The fourth-order valence-corrected chi connectivity index (χ4v) is 2.27. The van der Waals surface area contributed by atoms with Crippen LogP contribution in [0.4, 0.5) is 4.39 Å². The summed E-state index contributed by atoms with van der Waals surface area (Å²) in [6.07, 6.45) is 3.28. The van der Waals surface area contributed by atoms with Crippen LogP contribution >= 0.6 is 0 Å².